The lowest BCUT2D eigenvalue weighted by Crippen LogP contribution is -2.16. The number of hydrogen-bond donors (Lipinski definition) is 2. The van der Waals surface area contributed by atoms with Crippen molar-refractivity contribution in [3.05, 3.63) is 59.5 Å². The third kappa shape index (κ3) is 1.78. The number of aromatic amines is 1. The Labute approximate surface area is 106 Å². The molecule has 92 valence electrons. The van der Waals surface area contributed by atoms with E-state index in [1.165, 1.54) is 27.9 Å². The van der Waals surface area contributed by atoms with Crippen LogP contribution in [0.3, 0.4) is 0 Å². The number of aryl methyl sites for hydroxylation is 2. The van der Waals surface area contributed by atoms with Gasteiger partial charge in [-0.1, -0.05) is 12.1 Å². The predicted octanol–water partition coefficient (Wildman–Crippen LogP) is 3.33. The van der Waals surface area contributed by atoms with Crippen LogP contribution in [0.2, 0.25) is 0 Å². The SMILES string of the molecule is Cc1ccc(C)n1NCc1cccc2[nH]ccc12. The van der Waals surface area contributed by atoms with E-state index in [2.05, 4.69) is 65.3 Å². The lowest BCUT2D eigenvalue weighted by Gasteiger charge is -2.13. The van der Waals surface area contributed by atoms with Gasteiger partial charge in [0.05, 0.1) is 6.54 Å². The number of benzene rings is 1. The van der Waals surface area contributed by atoms with Crippen LogP contribution in [-0.2, 0) is 6.54 Å². The molecule has 2 N–H and O–H groups in total. The van der Waals surface area contributed by atoms with Gasteiger partial charge in [-0.15, -0.1) is 0 Å². The maximum atomic E-state index is 3.46. The molecule has 0 aliphatic rings. The second-order valence-electron chi connectivity index (χ2n) is 4.64. The third-order valence-electron chi connectivity index (χ3n) is 3.38. The minimum atomic E-state index is 0.825. The Morgan fingerprint density at radius 1 is 1.06 bits per heavy atom. The zero-order chi connectivity index (χ0) is 12.5. The molecule has 0 amide bonds. The van der Waals surface area contributed by atoms with E-state index >= 15 is 0 Å². The number of rotatable bonds is 3. The van der Waals surface area contributed by atoms with Gasteiger partial charge >= 0.3 is 0 Å². The first-order valence-corrected chi connectivity index (χ1v) is 6.19. The summed E-state index contributed by atoms with van der Waals surface area (Å²) in [5.74, 6) is 0. The molecule has 3 aromatic rings. The van der Waals surface area contributed by atoms with Gasteiger partial charge in [-0.3, -0.25) is 4.68 Å². The molecule has 0 aliphatic carbocycles. The van der Waals surface area contributed by atoms with Crippen LogP contribution < -0.4 is 5.43 Å². The lowest BCUT2D eigenvalue weighted by molar-refractivity contribution is 0.794. The number of fused-ring (bicyclic) bond motifs is 1. The lowest BCUT2D eigenvalue weighted by atomic mass is 10.1. The van der Waals surface area contributed by atoms with E-state index < -0.39 is 0 Å². The molecule has 0 aliphatic heterocycles. The molecule has 0 spiro atoms. The molecule has 18 heavy (non-hydrogen) atoms. The second-order valence-corrected chi connectivity index (χ2v) is 4.64. The van der Waals surface area contributed by atoms with Crippen molar-refractivity contribution >= 4 is 10.9 Å². The third-order valence-corrected chi connectivity index (χ3v) is 3.38. The number of nitrogens with zero attached hydrogens (tertiary/aromatic N) is 1. The molecule has 3 heteroatoms. The molecule has 0 saturated carbocycles. The first-order chi connectivity index (χ1) is 8.75. The van der Waals surface area contributed by atoms with Gasteiger partial charge in [-0.2, -0.15) is 0 Å². The van der Waals surface area contributed by atoms with E-state index in [0.29, 0.717) is 0 Å². The monoisotopic (exact) mass is 239 g/mol. The molecule has 3 rings (SSSR count). The minimum absolute atomic E-state index is 0.825. The maximum Gasteiger partial charge on any atom is 0.0571 e. The zero-order valence-corrected chi connectivity index (χ0v) is 10.7. The highest BCUT2D eigenvalue weighted by Crippen LogP contribution is 2.17. The molecular formula is C15H17N3. The van der Waals surface area contributed by atoms with Gasteiger partial charge in [-0.05, 0) is 43.7 Å². The predicted molar refractivity (Wildman–Crippen MR) is 75.3 cm³/mol. The first kappa shape index (κ1) is 11.0. The van der Waals surface area contributed by atoms with E-state index in [0.717, 1.165) is 6.54 Å². The normalized spacial score (nSPS) is 11.0. The van der Waals surface area contributed by atoms with E-state index in [1.54, 1.807) is 0 Å². The largest absolute Gasteiger partial charge is 0.361 e. The number of hydrogen-bond acceptors (Lipinski definition) is 1. The fourth-order valence-electron chi connectivity index (χ4n) is 2.39. The Morgan fingerprint density at radius 2 is 1.83 bits per heavy atom. The Bertz CT molecular complexity index is 656. The second kappa shape index (κ2) is 4.26. The van der Waals surface area contributed by atoms with Crippen molar-refractivity contribution in [2.75, 3.05) is 5.43 Å². The number of aromatic nitrogens is 2. The van der Waals surface area contributed by atoms with Gasteiger partial charge in [-0.25, -0.2) is 0 Å². The van der Waals surface area contributed by atoms with E-state index in [9.17, 15) is 0 Å². The van der Waals surface area contributed by atoms with Gasteiger partial charge in [0.15, 0.2) is 0 Å². The molecular weight excluding hydrogens is 222 g/mol. The van der Waals surface area contributed by atoms with Crippen LogP contribution in [-0.4, -0.2) is 9.66 Å². The van der Waals surface area contributed by atoms with Crippen LogP contribution in [0.5, 0.6) is 0 Å². The van der Waals surface area contributed by atoms with Crippen molar-refractivity contribution < 1.29 is 0 Å². The minimum Gasteiger partial charge on any atom is -0.361 e. The van der Waals surface area contributed by atoms with E-state index in [-0.39, 0.29) is 0 Å². The molecule has 2 heterocycles. The first-order valence-electron chi connectivity index (χ1n) is 6.19. The Hall–Kier alpha value is -2.16. The van der Waals surface area contributed by atoms with E-state index in [1.807, 2.05) is 6.20 Å². The van der Waals surface area contributed by atoms with Gasteiger partial charge in [0, 0.05) is 28.5 Å². The highest BCUT2D eigenvalue weighted by Gasteiger charge is 2.03. The highest BCUT2D eigenvalue weighted by molar-refractivity contribution is 5.82. The van der Waals surface area contributed by atoms with Crippen LogP contribution in [0.4, 0.5) is 0 Å². The van der Waals surface area contributed by atoms with Crippen molar-refractivity contribution in [3.63, 3.8) is 0 Å². The summed E-state index contributed by atoms with van der Waals surface area (Å²) in [4.78, 5) is 3.24. The van der Waals surface area contributed by atoms with Gasteiger partial charge < -0.3 is 10.4 Å². The van der Waals surface area contributed by atoms with Gasteiger partial charge in [0.25, 0.3) is 0 Å². The molecule has 0 bridgehead atoms. The maximum absolute atomic E-state index is 3.46. The smallest absolute Gasteiger partial charge is 0.0571 e. The zero-order valence-electron chi connectivity index (χ0n) is 10.7. The summed E-state index contributed by atoms with van der Waals surface area (Å²) in [6.45, 7) is 5.04. The molecule has 0 saturated heterocycles. The van der Waals surface area contributed by atoms with Crippen molar-refractivity contribution in [3.8, 4) is 0 Å². The van der Waals surface area contributed by atoms with Gasteiger partial charge in [0.1, 0.15) is 0 Å². The van der Waals surface area contributed by atoms with Crippen molar-refractivity contribution in [1.82, 2.24) is 9.66 Å². The number of H-pyrrole nitrogens is 1. The summed E-state index contributed by atoms with van der Waals surface area (Å²) in [7, 11) is 0. The molecule has 0 atom stereocenters. The van der Waals surface area contributed by atoms with Gasteiger partial charge in [0.2, 0.25) is 0 Å². The summed E-state index contributed by atoms with van der Waals surface area (Å²) in [6.07, 6.45) is 1.99. The average Bonchev–Trinajstić information content (AvgIpc) is 2.95. The van der Waals surface area contributed by atoms with Crippen molar-refractivity contribution in [2.45, 2.75) is 20.4 Å². The molecule has 0 fully saturated rings. The van der Waals surface area contributed by atoms with Crippen molar-refractivity contribution in [1.29, 1.82) is 0 Å². The Kier molecular flexibility index (Phi) is 2.59. The molecule has 2 aromatic heterocycles. The quantitative estimate of drug-likeness (QED) is 0.722. The average molecular weight is 239 g/mol. The summed E-state index contributed by atoms with van der Waals surface area (Å²) < 4.78 is 2.13. The highest BCUT2D eigenvalue weighted by atomic mass is 15.4. The van der Waals surface area contributed by atoms with Crippen molar-refractivity contribution in [2.24, 2.45) is 0 Å². The molecule has 0 radical (unpaired) electrons. The summed E-state index contributed by atoms with van der Waals surface area (Å²) >= 11 is 0. The molecule has 0 unspecified atom stereocenters. The van der Waals surface area contributed by atoms with Crippen LogP contribution in [0.1, 0.15) is 17.0 Å². The Morgan fingerprint density at radius 3 is 2.61 bits per heavy atom. The van der Waals surface area contributed by atoms with Crippen LogP contribution >= 0.6 is 0 Å². The summed E-state index contributed by atoms with van der Waals surface area (Å²) in [6, 6.07) is 12.7. The number of nitrogens with one attached hydrogen (secondary N) is 2. The molecule has 1 aromatic carbocycles. The summed E-state index contributed by atoms with van der Waals surface area (Å²) in [5, 5.41) is 1.28. The standard InChI is InChI=1S/C15H17N3/c1-11-6-7-12(2)18(11)17-10-13-4-3-5-15-14(13)8-9-16-15/h3-9,16-17H,10H2,1-2H3. The fourth-order valence-corrected chi connectivity index (χ4v) is 2.39. The molecule has 3 nitrogen and oxygen atoms in total. The fraction of sp³-hybridized carbons (Fsp3) is 0.200. The van der Waals surface area contributed by atoms with Crippen LogP contribution in [0.15, 0.2) is 42.6 Å². The summed E-state index contributed by atoms with van der Waals surface area (Å²) in [5.41, 5.74) is 8.42. The Balaban J connectivity index is 1.87. The van der Waals surface area contributed by atoms with E-state index in [4.69, 9.17) is 0 Å². The van der Waals surface area contributed by atoms with Crippen LogP contribution in [0, 0.1) is 13.8 Å². The van der Waals surface area contributed by atoms with Crippen LogP contribution in [0.25, 0.3) is 10.9 Å². The topological polar surface area (TPSA) is 32.8 Å².